The zero-order valence-electron chi connectivity index (χ0n) is 16.3. The van der Waals surface area contributed by atoms with E-state index in [0.717, 1.165) is 26.5 Å². The van der Waals surface area contributed by atoms with Crippen molar-refractivity contribution in [2.45, 2.75) is 45.0 Å². The van der Waals surface area contributed by atoms with E-state index in [2.05, 4.69) is 33.5 Å². The van der Waals surface area contributed by atoms with Crippen molar-refractivity contribution in [3.8, 4) is 5.69 Å². The Morgan fingerprint density at radius 1 is 1.21 bits per heavy atom. The minimum atomic E-state index is -0.115. The number of aromatic nitrogens is 6. The van der Waals surface area contributed by atoms with Crippen LogP contribution < -0.4 is 5.56 Å². The van der Waals surface area contributed by atoms with Gasteiger partial charge in [-0.1, -0.05) is 29.5 Å². The van der Waals surface area contributed by atoms with Gasteiger partial charge in [0.25, 0.3) is 5.56 Å². The van der Waals surface area contributed by atoms with Gasteiger partial charge in [0.15, 0.2) is 0 Å². The molecule has 1 N–H and O–H groups in total. The number of nitrogens with zero attached hydrogens (tertiary/aromatic N) is 5. The molecule has 0 radical (unpaired) electrons. The normalized spacial score (nSPS) is 12.6. The fourth-order valence-electron chi connectivity index (χ4n) is 3.12. The lowest BCUT2D eigenvalue weighted by Gasteiger charge is -2.12. The number of H-pyrrole nitrogens is 1. The summed E-state index contributed by atoms with van der Waals surface area (Å²) >= 11 is 3.01. The van der Waals surface area contributed by atoms with Crippen LogP contribution in [-0.4, -0.2) is 30.2 Å². The number of aromatic amines is 1. The molecule has 3 aromatic heterocycles. The van der Waals surface area contributed by atoms with Crippen molar-refractivity contribution in [2.75, 3.05) is 0 Å². The molecule has 0 aliphatic heterocycles. The van der Waals surface area contributed by atoms with E-state index in [9.17, 15) is 4.79 Å². The first-order chi connectivity index (χ1) is 13.3. The number of nitrogens with one attached hydrogen (secondary N) is 1. The molecule has 0 aliphatic carbocycles. The summed E-state index contributed by atoms with van der Waals surface area (Å²) in [6.07, 6.45) is 0. The number of fused-ring (bicyclic) bond motifs is 1. The zero-order chi connectivity index (χ0) is 20.0. The third-order valence-corrected chi connectivity index (χ3v) is 6.89. The molecule has 1 atom stereocenters. The van der Waals surface area contributed by atoms with E-state index in [1.165, 1.54) is 17.3 Å². The van der Waals surface area contributed by atoms with Gasteiger partial charge in [-0.25, -0.2) is 4.98 Å². The molecule has 0 amide bonds. The minimum absolute atomic E-state index is 0.0942. The zero-order valence-corrected chi connectivity index (χ0v) is 17.9. The highest BCUT2D eigenvalue weighted by atomic mass is 32.2. The molecule has 0 saturated heterocycles. The summed E-state index contributed by atoms with van der Waals surface area (Å²) in [6, 6.07) is 6.15. The van der Waals surface area contributed by atoms with Gasteiger partial charge in [0.1, 0.15) is 10.7 Å². The topological polar surface area (TPSA) is 89.3 Å². The van der Waals surface area contributed by atoms with E-state index in [-0.39, 0.29) is 10.8 Å². The summed E-state index contributed by atoms with van der Waals surface area (Å²) in [7, 11) is 0. The van der Waals surface area contributed by atoms with Gasteiger partial charge in [0.2, 0.25) is 5.16 Å². The minimum Gasteiger partial charge on any atom is -0.309 e. The molecule has 7 nitrogen and oxygen atoms in total. The van der Waals surface area contributed by atoms with E-state index in [1.54, 1.807) is 16.0 Å². The maximum atomic E-state index is 12.6. The Labute approximate surface area is 170 Å². The molecule has 3 heterocycles. The number of hydrogen-bond acceptors (Lipinski definition) is 7. The third kappa shape index (κ3) is 3.24. The molecule has 0 fully saturated rings. The van der Waals surface area contributed by atoms with Gasteiger partial charge in [-0.15, -0.1) is 16.4 Å². The van der Waals surface area contributed by atoms with Crippen LogP contribution in [0.4, 0.5) is 0 Å². The van der Waals surface area contributed by atoms with Crippen LogP contribution in [0.15, 0.2) is 28.2 Å². The Morgan fingerprint density at radius 3 is 2.75 bits per heavy atom. The SMILES string of the molecule is Cc1ccc(-n2nnnc2S[C@@H](C)c2nc3sc(C)c(C)c3c(=O)[nH]2)c(C)c1. The van der Waals surface area contributed by atoms with Gasteiger partial charge in [-0.3, -0.25) is 4.79 Å². The molecule has 0 spiro atoms. The average Bonchev–Trinajstić information content (AvgIpc) is 3.19. The van der Waals surface area contributed by atoms with E-state index in [4.69, 9.17) is 4.98 Å². The highest BCUT2D eigenvalue weighted by Crippen LogP contribution is 2.34. The number of hydrogen-bond donors (Lipinski definition) is 1. The first-order valence-electron chi connectivity index (χ1n) is 8.87. The van der Waals surface area contributed by atoms with Crippen molar-refractivity contribution in [1.29, 1.82) is 0 Å². The molecule has 4 rings (SSSR count). The Hall–Kier alpha value is -2.52. The molecule has 144 valence electrons. The van der Waals surface area contributed by atoms with Crippen LogP contribution >= 0.6 is 23.1 Å². The Kier molecular flexibility index (Phi) is 4.80. The second-order valence-corrected chi connectivity index (χ2v) is 9.35. The highest BCUT2D eigenvalue weighted by molar-refractivity contribution is 7.99. The summed E-state index contributed by atoms with van der Waals surface area (Å²) in [5.74, 6) is 0.624. The fraction of sp³-hybridized carbons (Fsp3) is 0.316. The molecular weight excluding hydrogens is 392 g/mol. The molecule has 0 saturated carbocycles. The van der Waals surface area contributed by atoms with Crippen LogP contribution in [0.25, 0.3) is 15.9 Å². The monoisotopic (exact) mass is 412 g/mol. The van der Waals surface area contributed by atoms with Crippen molar-refractivity contribution in [3.05, 3.63) is 55.9 Å². The molecule has 4 aromatic rings. The number of tetrazole rings is 1. The summed E-state index contributed by atoms with van der Waals surface area (Å²) < 4.78 is 1.73. The highest BCUT2D eigenvalue weighted by Gasteiger charge is 2.20. The molecule has 0 unspecified atom stereocenters. The van der Waals surface area contributed by atoms with Gasteiger partial charge < -0.3 is 4.98 Å². The first kappa shape index (κ1) is 18.8. The van der Waals surface area contributed by atoms with Crippen molar-refractivity contribution in [1.82, 2.24) is 30.2 Å². The third-order valence-electron chi connectivity index (χ3n) is 4.75. The van der Waals surface area contributed by atoms with E-state index < -0.39 is 0 Å². The molecule has 9 heteroatoms. The van der Waals surface area contributed by atoms with Crippen molar-refractivity contribution in [2.24, 2.45) is 0 Å². The van der Waals surface area contributed by atoms with Gasteiger partial charge in [-0.2, -0.15) is 4.68 Å². The fourth-order valence-corrected chi connectivity index (χ4v) is 5.02. The standard InChI is InChI=1S/C19H20N6OS2/c1-9-6-7-14(10(2)8-9)25-19(22-23-24-25)28-13(5)16-20-17(26)15-11(3)12(4)27-18(15)21-16/h6-8,13H,1-5H3,(H,20,21,26)/t13-/m0/s1. The van der Waals surface area contributed by atoms with Crippen LogP contribution in [0, 0.1) is 27.7 Å². The number of thiophene rings is 1. The number of thioether (sulfide) groups is 1. The lowest BCUT2D eigenvalue weighted by Crippen LogP contribution is -2.13. The summed E-state index contributed by atoms with van der Waals surface area (Å²) in [6.45, 7) is 10.1. The van der Waals surface area contributed by atoms with Gasteiger partial charge >= 0.3 is 0 Å². The molecular formula is C19H20N6OS2. The maximum Gasteiger partial charge on any atom is 0.259 e. The van der Waals surface area contributed by atoms with Crippen LogP contribution in [0.5, 0.6) is 0 Å². The first-order valence-corrected chi connectivity index (χ1v) is 10.6. The lowest BCUT2D eigenvalue weighted by atomic mass is 10.1. The van der Waals surface area contributed by atoms with Crippen LogP contribution in [0.2, 0.25) is 0 Å². The summed E-state index contributed by atoms with van der Waals surface area (Å²) in [5.41, 5.74) is 4.13. The molecule has 28 heavy (non-hydrogen) atoms. The Balaban J connectivity index is 1.68. The van der Waals surface area contributed by atoms with Crippen molar-refractivity contribution < 1.29 is 0 Å². The van der Waals surface area contributed by atoms with E-state index in [0.29, 0.717) is 16.4 Å². The molecule has 1 aromatic carbocycles. The van der Waals surface area contributed by atoms with Gasteiger partial charge in [-0.05, 0) is 62.2 Å². The number of aryl methyl sites for hydroxylation is 4. The number of benzene rings is 1. The average molecular weight is 413 g/mol. The van der Waals surface area contributed by atoms with Crippen LogP contribution in [-0.2, 0) is 0 Å². The summed E-state index contributed by atoms with van der Waals surface area (Å²) in [5, 5.41) is 13.4. The van der Waals surface area contributed by atoms with Crippen molar-refractivity contribution in [3.63, 3.8) is 0 Å². The van der Waals surface area contributed by atoms with Crippen LogP contribution in [0.1, 0.15) is 39.6 Å². The maximum absolute atomic E-state index is 12.6. The Bertz CT molecular complexity index is 1240. The van der Waals surface area contributed by atoms with Gasteiger partial charge in [0, 0.05) is 4.88 Å². The van der Waals surface area contributed by atoms with E-state index in [1.807, 2.05) is 39.8 Å². The molecule has 0 aliphatic rings. The summed E-state index contributed by atoms with van der Waals surface area (Å²) in [4.78, 5) is 22.1. The number of rotatable bonds is 4. The predicted octanol–water partition coefficient (Wildman–Crippen LogP) is 4.05. The predicted molar refractivity (Wildman–Crippen MR) is 113 cm³/mol. The largest absolute Gasteiger partial charge is 0.309 e. The van der Waals surface area contributed by atoms with Gasteiger partial charge in [0.05, 0.1) is 16.3 Å². The Morgan fingerprint density at radius 2 is 2.00 bits per heavy atom. The molecule has 0 bridgehead atoms. The van der Waals surface area contributed by atoms with E-state index >= 15 is 0 Å². The lowest BCUT2D eigenvalue weighted by molar-refractivity contribution is 0.749. The smallest absolute Gasteiger partial charge is 0.259 e. The van der Waals surface area contributed by atoms with Crippen molar-refractivity contribution >= 4 is 33.3 Å². The quantitative estimate of drug-likeness (QED) is 0.509. The van der Waals surface area contributed by atoms with Crippen LogP contribution in [0.3, 0.4) is 0 Å². The second-order valence-electron chi connectivity index (χ2n) is 6.84. The second kappa shape index (κ2) is 7.14.